The number of methoxy groups -OCH3 is 1. The summed E-state index contributed by atoms with van der Waals surface area (Å²) in [5.41, 5.74) is 1.74. The zero-order chi connectivity index (χ0) is 13.3. The smallest absolute Gasteiger partial charge is 0.229 e. The summed E-state index contributed by atoms with van der Waals surface area (Å²) in [5.74, 6) is 1.42. The predicted octanol–water partition coefficient (Wildman–Crippen LogP) is 3.45. The first-order valence-corrected chi connectivity index (χ1v) is 6.28. The van der Waals surface area contributed by atoms with Crippen LogP contribution in [0, 0.1) is 6.92 Å². The minimum Gasteiger partial charge on any atom is -0.495 e. The van der Waals surface area contributed by atoms with Gasteiger partial charge in [-0.3, -0.25) is 4.57 Å². The Morgan fingerprint density at radius 2 is 2.00 bits per heavy atom. The van der Waals surface area contributed by atoms with E-state index in [1.807, 2.05) is 19.9 Å². The molecule has 0 spiro atoms. The maximum absolute atomic E-state index is 6.09. The number of ether oxygens (including phenoxy) is 1. The molecule has 1 aromatic heterocycles. The molecule has 0 amide bonds. The molecule has 0 radical (unpaired) electrons. The van der Waals surface area contributed by atoms with Crippen LogP contribution in [0.2, 0.25) is 10.3 Å². The van der Waals surface area contributed by atoms with Gasteiger partial charge in [0.25, 0.3) is 0 Å². The first kappa shape index (κ1) is 13.2. The van der Waals surface area contributed by atoms with E-state index in [9.17, 15) is 0 Å². The van der Waals surface area contributed by atoms with Crippen LogP contribution in [0.1, 0.15) is 18.3 Å². The van der Waals surface area contributed by atoms with E-state index in [0.717, 1.165) is 23.5 Å². The molecule has 0 fully saturated rings. The number of halogens is 2. The lowest BCUT2D eigenvalue weighted by Crippen LogP contribution is -2.03. The Bertz CT molecular complexity index is 581. The summed E-state index contributed by atoms with van der Waals surface area (Å²) in [5, 5.41) is 8.87. The summed E-state index contributed by atoms with van der Waals surface area (Å²) < 4.78 is 7.11. The van der Waals surface area contributed by atoms with Crippen LogP contribution < -0.4 is 4.74 Å². The fourth-order valence-electron chi connectivity index (χ4n) is 1.75. The van der Waals surface area contributed by atoms with E-state index in [2.05, 4.69) is 10.2 Å². The van der Waals surface area contributed by atoms with Gasteiger partial charge in [0.05, 0.1) is 12.8 Å². The van der Waals surface area contributed by atoms with Crippen LogP contribution in [0.15, 0.2) is 12.1 Å². The molecule has 2 aromatic rings. The molecule has 0 saturated carbocycles. The molecule has 1 aromatic carbocycles. The van der Waals surface area contributed by atoms with Crippen LogP contribution in [0.4, 0.5) is 0 Å². The van der Waals surface area contributed by atoms with Crippen molar-refractivity contribution in [3.05, 3.63) is 33.8 Å². The molecule has 1 heterocycles. The molecule has 4 nitrogen and oxygen atoms in total. The molecule has 0 N–H and O–H groups in total. The fourth-order valence-corrected chi connectivity index (χ4v) is 2.13. The van der Waals surface area contributed by atoms with E-state index in [1.165, 1.54) is 0 Å². The maximum atomic E-state index is 6.09. The van der Waals surface area contributed by atoms with Gasteiger partial charge in [-0.25, -0.2) is 0 Å². The second-order valence-electron chi connectivity index (χ2n) is 3.85. The van der Waals surface area contributed by atoms with Gasteiger partial charge >= 0.3 is 0 Å². The summed E-state index contributed by atoms with van der Waals surface area (Å²) in [6.45, 7) is 3.92. The van der Waals surface area contributed by atoms with Crippen LogP contribution >= 0.6 is 23.2 Å². The molecule has 0 unspecified atom stereocenters. The van der Waals surface area contributed by atoms with Crippen LogP contribution in [-0.2, 0) is 6.42 Å². The molecule has 0 aliphatic rings. The molecule has 2 rings (SSSR count). The van der Waals surface area contributed by atoms with Crippen molar-refractivity contribution in [1.82, 2.24) is 14.8 Å². The average molecular weight is 286 g/mol. The summed E-state index contributed by atoms with van der Waals surface area (Å²) in [6.07, 6.45) is 0.727. The maximum Gasteiger partial charge on any atom is 0.229 e. The SMILES string of the molecule is CCc1nnc(Cl)n1-c1cc(C)c(Cl)cc1OC. The third-order valence-corrected chi connectivity index (χ3v) is 3.36. The van der Waals surface area contributed by atoms with E-state index >= 15 is 0 Å². The van der Waals surface area contributed by atoms with Gasteiger partial charge < -0.3 is 4.74 Å². The summed E-state index contributed by atoms with van der Waals surface area (Å²) in [4.78, 5) is 0. The van der Waals surface area contributed by atoms with Gasteiger partial charge in [-0.05, 0) is 30.2 Å². The monoisotopic (exact) mass is 285 g/mol. The highest BCUT2D eigenvalue weighted by Crippen LogP contribution is 2.32. The highest BCUT2D eigenvalue weighted by Gasteiger charge is 2.16. The second kappa shape index (κ2) is 5.16. The lowest BCUT2D eigenvalue weighted by atomic mass is 10.2. The van der Waals surface area contributed by atoms with Crippen LogP contribution in [0.25, 0.3) is 5.69 Å². The van der Waals surface area contributed by atoms with Crippen molar-refractivity contribution in [1.29, 1.82) is 0 Å². The molecule has 96 valence electrons. The largest absolute Gasteiger partial charge is 0.495 e. The molecule has 0 aliphatic carbocycles. The standard InChI is InChI=1S/C12H13Cl2N3O/c1-4-11-15-16-12(14)17(11)9-5-7(2)8(13)6-10(9)18-3/h5-6H,4H2,1-3H3. The van der Waals surface area contributed by atoms with E-state index in [0.29, 0.717) is 16.1 Å². The van der Waals surface area contributed by atoms with Crippen molar-refractivity contribution in [2.24, 2.45) is 0 Å². The molecule has 0 saturated heterocycles. The quantitative estimate of drug-likeness (QED) is 0.867. The minimum absolute atomic E-state index is 0.312. The molecule has 18 heavy (non-hydrogen) atoms. The van der Waals surface area contributed by atoms with E-state index in [4.69, 9.17) is 27.9 Å². The van der Waals surface area contributed by atoms with Gasteiger partial charge in [0.1, 0.15) is 11.6 Å². The number of aromatic nitrogens is 3. The third-order valence-electron chi connectivity index (χ3n) is 2.71. The Balaban J connectivity index is 2.69. The molecule has 0 bridgehead atoms. The number of hydrogen-bond acceptors (Lipinski definition) is 3. The molecule has 6 heteroatoms. The zero-order valence-electron chi connectivity index (χ0n) is 10.4. The Labute approximate surface area is 115 Å². The van der Waals surface area contributed by atoms with Crippen molar-refractivity contribution in [3.8, 4) is 11.4 Å². The zero-order valence-corrected chi connectivity index (χ0v) is 11.9. The van der Waals surface area contributed by atoms with Crippen LogP contribution in [-0.4, -0.2) is 21.9 Å². The Kier molecular flexibility index (Phi) is 3.78. The third kappa shape index (κ3) is 2.18. The fraction of sp³-hybridized carbons (Fsp3) is 0.333. The Morgan fingerprint density at radius 1 is 1.28 bits per heavy atom. The molecule has 0 atom stereocenters. The van der Waals surface area contributed by atoms with Gasteiger partial charge in [0.15, 0.2) is 0 Å². The number of rotatable bonds is 3. The predicted molar refractivity (Wildman–Crippen MR) is 72.0 cm³/mol. The summed E-state index contributed by atoms with van der Waals surface area (Å²) >= 11 is 12.2. The van der Waals surface area contributed by atoms with E-state index in [1.54, 1.807) is 17.7 Å². The van der Waals surface area contributed by atoms with Crippen molar-refractivity contribution < 1.29 is 4.74 Å². The number of aryl methyl sites for hydroxylation is 2. The lowest BCUT2D eigenvalue weighted by molar-refractivity contribution is 0.412. The van der Waals surface area contributed by atoms with Gasteiger partial charge in [-0.1, -0.05) is 18.5 Å². The van der Waals surface area contributed by atoms with Crippen molar-refractivity contribution in [2.75, 3.05) is 7.11 Å². The van der Waals surface area contributed by atoms with Crippen molar-refractivity contribution >= 4 is 23.2 Å². The normalized spacial score (nSPS) is 10.7. The lowest BCUT2D eigenvalue weighted by Gasteiger charge is -2.13. The molecular weight excluding hydrogens is 273 g/mol. The van der Waals surface area contributed by atoms with Crippen molar-refractivity contribution in [3.63, 3.8) is 0 Å². The first-order chi connectivity index (χ1) is 8.58. The summed E-state index contributed by atoms with van der Waals surface area (Å²) in [6, 6.07) is 3.68. The average Bonchev–Trinajstić information content (AvgIpc) is 2.73. The minimum atomic E-state index is 0.312. The second-order valence-corrected chi connectivity index (χ2v) is 4.59. The highest BCUT2D eigenvalue weighted by molar-refractivity contribution is 6.31. The van der Waals surface area contributed by atoms with E-state index in [-0.39, 0.29) is 0 Å². The van der Waals surface area contributed by atoms with Gasteiger partial charge in [-0.2, -0.15) is 0 Å². The number of benzene rings is 1. The topological polar surface area (TPSA) is 39.9 Å². The van der Waals surface area contributed by atoms with Crippen LogP contribution in [0.5, 0.6) is 5.75 Å². The van der Waals surface area contributed by atoms with Crippen LogP contribution in [0.3, 0.4) is 0 Å². The summed E-state index contributed by atoms with van der Waals surface area (Å²) in [7, 11) is 1.59. The van der Waals surface area contributed by atoms with Gasteiger partial charge in [0, 0.05) is 17.5 Å². The Morgan fingerprint density at radius 3 is 2.61 bits per heavy atom. The number of hydrogen-bond donors (Lipinski definition) is 0. The first-order valence-electron chi connectivity index (χ1n) is 5.52. The molecule has 0 aliphatic heterocycles. The Hall–Kier alpha value is -1.26. The van der Waals surface area contributed by atoms with E-state index < -0.39 is 0 Å². The van der Waals surface area contributed by atoms with Gasteiger partial charge in [0.2, 0.25) is 5.28 Å². The highest BCUT2D eigenvalue weighted by atomic mass is 35.5. The van der Waals surface area contributed by atoms with Crippen molar-refractivity contribution in [2.45, 2.75) is 20.3 Å². The van der Waals surface area contributed by atoms with Gasteiger partial charge in [-0.15, -0.1) is 10.2 Å². The molecular formula is C12H13Cl2N3O. The number of nitrogens with zero attached hydrogens (tertiary/aromatic N) is 3.